The van der Waals surface area contributed by atoms with E-state index in [-0.39, 0.29) is 11.9 Å². The van der Waals surface area contributed by atoms with E-state index in [0.717, 1.165) is 19.3 Å². The van der Waals surface area contributed by atoms with Crippen molar-refractivity contribution < 1.29 is 28.3 Å². The van der Waals surface area contributed by atoms with Crippen LogP contribution in [0.2, 0.25) is 0 Å². The molecule has 0 unspecified atom stereocenters. The predicted octanol–water partition coefficient (Wildman–Crippen LogP) is 5.09. The van der Waals surface area contributed by atoms with E-state index in [4.69, 9.17) is 26.4 Å². The molecule has 1 atom stereocenters. The molecule has 0 saturated heterocycles. The first-order chi connectivity index (χ1) is 16.8. The van der Waals surface area contributed by atoms with Gasteiger partial charge >= 0.3 is 13.6 Å². The predicted molar refractivity (Wildman–Crippen MR) is 143 cm³/mol. The number of para-hydroxylation sites is 2. The number of amides is 1. The van der Waals surface area contributed by atoms with E-state index in [1.165, 1.54) is 18.7 Å². The number of carbonyl (C=O) groups excluding carboxylic acids is 1. The Morgan fingerprint density at radius 3 is 2.03 bits per heavy atom. The van der Waals surface area contributed by atoms with Crippen molar-refractivity contribution in [2.24, 2.45) is 0 Å². The number of carboxylic acid groups (broad SMARTS) is 1. The second kappa shape index (κ2) is 15.4. The molecule has 0 aliphatic rings. The molecule has 11 heteroatoms. The fraction of sp³-hybridized carbons (Fsp3) is 0.375. The molecule has 0 radical (unpaired) electrons. The van der Waals surface area contributed by atoms with Gasteiger partial charge in [-0.15, -0.1) is 0 Å². The summed E-state index contributed by atoms with van der Waals surface area (Å²) in [5.41, 5.74) is 0. The normalized spacial score (nSPS) is 11.8. The van der Waals surface area contributed by atoms with Crippen LogP contribution in [0.3, 0.4) is 0 Å². The van der Waals surface area contributed by atoms with Crippen LogP contribution in [0, 0.1) is 0 Å². The van der Waals surface area contributed by atoms with Crippen LogP contribution in [0.5, 0.6) is 11.5 Å². The van der Waals surface area contributed by atoms with Crippen LogP contribution >= 0.6 is 31.6 Å². The van der Waals surface area contributed by atoms with Crippen LogP contribution in [-0.4, -0.2) is 45.8 Å². The Kier molecular flexibility index (Phi) is 12.7. The Morgan fingerprint density at radius 1 is 0.971 bits per heavy atom. The number of nitrogens with one attached hydrogen (secondary N) is 2. The zero-order chi connectivity index (χ0) is 25.5. The molecule has 35 heavy (non-hydrogen) atoms. The quantitative estimate of drug-likeness (QED) is 0.162. The number of rotatable bonds is 15. The molecule has 2 aromatic rings. The monoisotopic (exact) mass is 538 g/mol. The standard InChI is InChI=1S/C24H31N2O6PS2/c1-19(27)26-22(23(28)29)18-35-24(34)25-16-10-2-3-11-17-33(30,31-20-12-6-4-7-13-20)32-21-14-8-5-9-15-21/h4-9,12-15,22H,2-3,10-11,16-18H2,1H3,(H,25,34)(H,26,27)(H,28,29)/t22-/m0/s1. The summed E-state index contributed by atoms with van der Waals surface area (Å²) in [6.07, 6.45) is 3.54. The van der Waals surface area contributed by atoms with Gasteiger partial charge in [-0.3, -0.25) is 4.79 Å². The summed E-state index contributed by atoms with van der Waals surface area (Å²) in [6.45, 7) is 1.92. The Morgan fingerprint density at radius 2 is 1.51 bits per heavy atom. The number of aliphatic carboxylic acids is 1. The van der Waals surface area contributed by atoms with Crippen LogP contribution in [0.4, 0.5) is 0 Å². The summed E-state index contributed by atoms with van der Waals surface area (Å²) >= 11 is 6.41. The molecule has 0 heterocycles. The molecule has 0 aromatic heterocycles. The first-order valence-corrected chi connectivity index (χ1v) is 14.4. The first-order valence-electron chi connectivity index (χ1n) is 11.3. The summed E-state index contributed by atoms with van der Waals surface area (Å²) in [4.78, 5) is 22.2. The highest BCUT2D eigenvalue weighted by Gasteiger charge is 2.27. The fourth-order valence-electron chi connectivity index (χ4n) is 3.00. The van der Waals surface area contributed by atoms with Crippen molar-refractivity contribution in [3.63, 3.8) is 0 Å². The number of unbranched alkanes of at least 4 members (excludes halogenated alkanes) is 3. The Balaban J connectivity index is 1.70. The maximum atomic E-state index is 13.4. The average molecular weight is 539 g/mol. The largest absolute Gasteiger partial charge is 0.480 e. The van der Waals surface area contributed by atoms with Crippen molar-refractivity contribution in [3.8, 4) is 11.5 Å². The lowest BCUT2D eigenvalue weighted by atomic mass is 10.2. The minimum Gasteiger partial charge on any atom is -0.480 e. The molecule has 0 aliphatic heterocycles. The zero-order valence-electron chi connectivity index (χ0n) is 19.6. The van der Waals surface area contributed by atoms with E-state index in [9.17, 15) is 14.2 Å². The number of thiocarbonyl (C=S) groups is 1. The summed E-state index contributed by atoms with van der Waals surface area (Å²) in [5.74, 6) is -0.333. The number of carboxylic acids is 1. The van der Waals surface area contributed by atoms with Crippen LogP contribution < -0.4 is 19.7 Å². The first kappa shape index (κ1) is 28.7. The van der Waals surface area contributed by atoms with Crippen molar-refractivity contribution in [1.82, 2.24) is 10.6 Å². The number of hydrogen-bond donors (Lipinski definition) is 3. The zero-order valence-corrected chi connectivity index (χ0v) is 22.1. The summed E-state index contributed by atoms with van der Waals surface area (Å²) in [7, 11) is -3.39. The molecule has 0 bridgehead atoms. The van der Waals surface area contributed by atoms with Gasteiger partial charge in [-0.25, -0.2) is 9.36 Å². The molecule has 190 valence electrons. The highest BCUT2D eigenvalue weighted by Crippen LogP contribution is 2.49. The molecular formula is C24H31N2O6PS2. The summed E-state index contributed by atoms with van der Waals surface area (Å²) in [5, 5.41) is 14.6. The van der Waals surface area contributed by atoms with Gasteiger partial charge in [0.15, 0.2) is 0 Å². The lowest BCUT2D eigenvalue weighted by molar-refractivity contribution is -0.140. The minimum absolute atomic E-state index is 0.152. The van der Waals surface area contributed by atoms with Gasteiger partial charge in [0.1, 0.15) is 21.9 Å². The van der Waals surface area contributed by atoms with E-state index in [1.807, 2.05) is 36.4 Å². The van der Waals surface area contributed by atoms with Crippen molar-refractivity contribution >= 4 is 47.8 Å². The van der Waals surface area contributed by atoms with Crippen LogP contribution in [0.15, 0.2) is 60.7 Å². The number of thioether (sulfide) groups is 1. The molecule has 0 aliphatic carbocycles. The van der Waals surface area contributed by atoms with Gasteiger partial charge in [-0.05, 0) is 37.1 Å². The van der Waals surface area contributed by atoms with E-state index in [1.54, 1.807) is 24.3 Å². The molecule has 2 rings (SSSR count). The molecule has 3 N–H and O–H groups in total. The van der Waals surface area contributed by atoms with Crippen LogP contribution in [0.1, 0.15) is 32.6 Å². The molecule has 0 spiro atoms. The smallest absolute Gasteiger partial charge is 0.430 e. The highest BCUT2D eigenvalue weighted by atomic mass is 32.2. The van der Waals surface area contributed by atoms with E-state index < -0.39 is 25.5 Å². The van der Waals surface area contributed by atoms with Gasteiger partial charge in [0.05, 0.1) is 6.16 Å². The van der Waals surface area contributed by atoms with Gasteiger partial charge < -0.3 is 24.8 Å². The van der Waals surface area contributed by atoms with Gasteiger partial charge in [0.2, 0.25) is 5.91 Å². The second-order valence-electron chi connectivity index (χ2n) is 7.67. The Labute approximate surface area is 215 Å². The topological polar surface area (TPSA) is 114 Å². The third-order valence-corrected chi connectivity index (χ3v) is 7.91. The SMILES string of the molecule is CC(=O)N[C@@H](CSC(=S)NCCCCCCP(=O)(Oc1ccccc1)Oc1ccccc1)C(=O)O. The molecule has 1 amide bonds. The van der Waals surface area contributed by atoms with Gasteiger partial charge in [-0.2, -0.15) is 0 Å². The third kappa shape index (κ3) is 12.1. The molecular weight excluding hydrogens is 507 g/mol. The number of benzene rings is 2. The second-order valence-corrected chi connectivity index (χ2v) is 11.4. The summed E-state index contributed by atoms with van der Waals surface area (Å²) < 4.78 is 25.5. The molecule has 0 fully saturated rings. The van der Waals surface area contributed by atoms with E-state index in [2.05, 4.69) is 10.6 Å². The third-order valence-electron chi connectivity index (χ3n) is 4.66. The van der Waals surface area contributed by atoms with E-state index in [0.29, 0.717) is 28.8 Å². The van der Waals surface area contributed by atoms with Crippen molar-refractivity contribution in [2.75, 3.05) is 18.5 Å². The number of carbonyl (C=O) groups is 2. The Bertz CT molecular complexity index is 949. The van der Waals surface area contributed by atoms with Crippen molar-refractivity contribution in [3.05, 3.63) is 60.7 Å². The van der Waals surface area contributed by atoms with Crippen LogP contribution in [-0.2, 0) is 14.2 Å². The lowest BCUT2D eigenvalue weighted by Gasteiger charge is -2.20. The van der Waals surface area contributed by atoms with Gasteiger partial charge in [0, 0.05) is 19.2 Å². The molecule has 0 saturated carbocycles. The molecule has 2 aromatic carbocycles. The number of hydrogen-bond acceptors (Lipinski definition) is 7. The maximum absolute atomic E-state index is 13.4. The Hall–Kier alpha value is -2.55. The van der Waals surface area contributed by atoms with Gasteiger partial charge in [-0.1, -0.05) is 73.2 Å². The maximum Gasteiger partial charge on any atom is 0.430 e. The van der Waals surface area contributed by atoms with Crippen LogP contribution in [0.25, 0.3) is 0 Å². The van der Waals surface area contributed by atoms with Gasteiger partial charge in [0.25, 0.3) is 0 Å². The lowest BCUT2D eigenvalue weighted by Crippen LogP contribution is -2.42. The van der Waals surface area contributed by atoms with Crippen molar-refractivity contribution in [1.29, 1.82) is 0 Å². The highest BCUT2D eigenvalue weighted by molar-refractivity contribution is 8.23. The molecule has 8 nitrogen and oxygen atoms in total. The van der Waals surface area contributed by atoms with E-state index >= 15 is 0 Å². The fourth-order valence-corrected chi connectivity index (χ4v) is 5.77. The average Bonchev–Trinajstić information content (AvgIpc) is 2.82. The van der Waals surface area contributed by atoms with Crippen molar-refractivity contribution in [2.45, 2.75) is 38.6 Å². The minimum atomic E-state index is -3.39. The summed E-state index contributed by atoms with van der Waals surface area (Å²) in [6, 6.07) is 17.0.